The van der Waals surface area contributed by atoms with Gasteiger partial charge in [-0.3, -0.25) is 4.79 Å². The number of amides is 1. The van der Waals surface area contributed by atoms with E-state index in [0.29, 0.717) is 16.5 Å². The largest absolute Gasteiger partial charge is 0.443 e. The highest BCUT2D eigenvalue weighted by molar-refractivity contribution is 6.34. The molecule has 1 N–H and O–H groups in total. The van der Waals surface area contributed by atoms with Crippen LogP contribution in [0.25, 0.3) is 11.3 Å². The number of carbonyl (C=O) groups excluding carboxylic acids is 1. The number of nitrogens with one attached hydrogen (secondary N) is 1. The Morgan fingerprint density at radius 2 is 1.91 bits per heavy atom. The van der Waals surface area contributed by atoms with E-state index >= 15 is 0 Å². The molecule has 5 heteroatoms. The normalized spacial score (nSPS) is 10.6. The lowest BCUT2D eigenvalue weighted by molar-refractivity contribution is 0.102. The number of rotatable bonds is 3. The molecule has 0 saturated carbocycles. The van der Waals surface area contributed by atoms with Gasteiger partial charge in [-0.1, -0.05) is 41.4 Å². The molecule has 1 amide bonds. The van der Waals surface area contributed by atoms with Crippen LogP contribution in [0.3, 0.4) is 0 Å². The van der Waals surface area contributed by atoms with Gasteiger partial charge in [0.25, 0.3) is 5.91 Å². The van der Waals surface area contributed by atoms with Gasteiger partial charge in [0.1, 0.15) is 0 Å². The summed E-state index contributed by atoms with van der Waals surface area (Å²) >= 11 is 6.15. The van der Waals surface area contributed by atoms with Gasteiger partial charge in [-0.05, 0) is 37.6 Å². The van der Waals surface area contributed by atoms with Gasteiger partial charge in [-0.15, -0.1) is 0 Å². The maximum Gasteiger partial charge on any atom is 0.278 e. The van der Waals surface area contributed by atoms with E-state index in [9.17, 15) is 4.79 Å². The predicted octanol–water partition coefficient (Wildman–Crippen LogP) is 4.86. The molecule has 0 fully saturated rings. The van der Waals surface area contributed by atoms with Gasteiger partial charge < -0.3 is 9.73 Å². The molecule has 0 spiro atoms. The van der Waals surface area contributed by atoms with E-state index in [1.54, 1.807) is 12.1 Å². The van der Waals surface area contributed by atoms with E-state index in [1.807, 2.05) is 44.2 Å². The van der Waals surface area contributed by atoms with Crippen molar-refractivity contribution in [1.29, 1.82) is 0 Å². The van der Waals surface area contributed by atoms with Gasteiger partial charge in [0.2, 0.25) is 0 Å². The molecule has 3 rings (SSSR count). The lowest BCUT2D eigenvalue weighted by atomic mass is 10.1. The fraction of sp³-hybridized carbons (Fsp3) is 0.111. The number of halogens is 1. The van der Waals surface area contributed by atoms with Crippen LogP contribution >= 0.6 is 11.6 Å². The number of hydrogen-bond acceptors (Lipinski definition) is 3. The summed E-state index contributed by atoms with van der Waals surface area (Å²) in [7, 11) is 0. The summed E-state index contributed by atoms with van der Waals surface area (Å²) in [5, 5.41) is 3.26. The molecule has 0 radical (unpaired) electrons. The van der Waals surface area contributed by atoms with Crippen LogP contribution in [0.1, 0.15) is 21.6 Å². The van der Waals surface area contributed by atoms with Crippen molar-refractivity contribution in [1.82, 2.24) is 4.98 Å². The molecular weight excluding hydrogens is 312 g/mol. The minimum absolute atomic E-state index is 0.229. The average molecular weight is 327 g/mol. The molecule has 1 heterocycles. The second kappa shape index (κ2) is 6.26. The Morgan fingerprint density at radius 1 is 1.13 bits per heavy atom. The molecule has 0 aliphatic rings. The monoisotopic (exact) mass is 326 g/mol. The van der Waals surface area contributed by atoms with E-state index < -0.39 is 0 Å². The first kappa shape index (κ1) is 15.3. The van der Waals surface area contributed by atoms with E-state index in [1.165, 1.54) is 6.39 Å². The van der Waals surface area contributed by atoms with Gasteiger partial charge in [0.15, 0.2) is 17.8 Å². The minimum Gasteiger partial charge on any atom is -0.443 e. The van der Waals surface area contributed by atoms with Crippen LogP contribution in [0, 0.1) is 13.8 Å². The first-order chi connectivity index (χ1) is 11.0. The van der Waals surface area contributed by atoms with Crippen molar-refractivity contribution in [3.05, 3.63) is 70.7 Å². The molecule has 23 heavy (non-hydrogen) atoms. The smallest absolute Gasteiger partial charge is 0.278 e. The van der Waals surface area contributed by atoms with Crippen LogP contribution < -0.4 is 5.32 Å². The number of benzene rings is 2. The van der Waals surface area contributed by atoms with Gasteiger partial charge in [-0.25, -0.2) is 4.98 Å². The first-order valence-corrected chi connectivity index (χ1v) is 7.50. The van der Waals surface area contributed by atoms with Crippen molar-refractivity contribution in [2.24, 2.45) is 0 Å². The zero-order chi connectivity index (χ0) is 16.4. The first-order valence-electron chi connectivity index (χ1n) is 7.12. The topological polar surface area (TPSA) is 55.1 Å². The molecule has 0 aliphatic carbocycles. The summed E-state index contributed by atoms with van der Waals surface area (Å²) in [6.07, 6.45) is 1.27. The third-order valence-electron chi connectivity index (χ3n) is 3.44. The Hall–Kier alpha value is -2.59. The fourth-order valence-corrected chi connectivity index (χ4v) is 2.58. The van der Waals surface area contributed by atoms with Crippen LogP contribution in [0.5, 0.6) is 0 Å². The molecule has 116 valence electrons. The Balaban J connectivity index is 1.91. The van der Waals surface area contributed by atoms with Crippen molar-refractivity contribution in [3.63, 3.8) is 0 Å². The lowest BCUT2D eigenvalue weighted by Crippen LogP contribution is -2.13. The number of carbonyl (C=O) groups is 1. The number of nitrogens with zero attached hydrogens (tertiary/aromatic N) is 1. The summed E-state index contributed by atoms with van der Waals surface area (Å²) in [5.74, 6) is 0.0791. The number of aryl methyl sites for hydroxylation is 2. The molecule has 3 aromatic rings. The molecular formula is C18H15ClN2O2. The third-order valence-corrected chi connectivity index (χ3v) is 3.75. The van der Waals surface area contributed by atoms with Crippen molar-refractivity contribution >= 4 is 23.2 Å². The molecule has 0 atom stereocenters. The van der Waals surface area contributed by atoms with Crippen LogP contribution in [0.15, 0.2) is 53.3 Å². The zero-order valence-electron chi connectivity index (χ0n) is 12.8. The second-order valence-corrected chi connectivity index (χ2v) is 5.74. The predicted molar refractivity (Wildman–Crippen MR) is 90.8 cm³/mol. The highest BCUT2D eigenvalue weighted by Gasteiger charge is 2.19. The summed E-state index contributed by atoms with van der Waals surface area (Å²) in [6.45, 7) is 3.91. The Morgan fingerprint density at radius 3 is 2.65 bits per heavy atom. The third kappa shape index (κ3) is 3.27. The van der Waals surface area contributed by atoms with Gasteiger partial charge in [0, 0.05) is 5.56 Å². The minimum atomic E-state index is -0.360. The van der Waals surface area contributed by atoms with Gasteiger partial charge in [-0.2, -0.15) is 0 Å². The van der Waals surface area contributed by atoms with Crippen LogP contribution in [-0.2, 0) is 0 Å². The van der Waals surface area contributed by atoms with E-state index in [-0.39, 0.29) is 11.6 Å². The van der Waals surface area contributed by atoms with Crippen molar-refractivity contribution < 1.29 is 9.21 Å². The molecule has 0 aliphatic heterocycles. The lowest BCUT2D eigenvalue weighted by Gasteiger charge is -2.07. The standard InChI is InChI=1S/C18H15ClN2O2/c1-11-4-3-5-13(8-11)17-16(20-10-23-17)18(22)21-15-7-6-12(2)9-14(15)19/h3-10H,1-2H3,(H,21,22). The highest BCUT2D eigenvalue weighted by Crippen LogP contribution is 2.27. The zero-order valence-corrected chi connectivity index (χ0v) is 13.5. The van der Waals surface area contributed by atoms with Crippen molar-refractivity contribution in [2.45, 2.75) is 13.8 Å². The Bertz CT molecular complexity index is 871. The summed E-state index contributed by atoms with van der Waals surface area (Å²) in [5.41, 5.74) is 3.68. The molecule has 1 aromatic heterocycles. The number of anilines is 1. The Labute approximate surface area is 139 Å². The molecule has 0 saturated heterocycles. The second-order valence-electron chi connectivity index (χ2n) is 5.34. The van der Waals surface area contributed by atoms with Gasteiger partial charge >= 0.3 is 0 Å². The molecule has 0 bridgehead atoms. The number of aromatic nitrogens is 1. The SMILES string of the molecule is Cc1cccc(-c2ocnc2C(=O)Nc2ccc(C)cc2Cl)c1. The number of hydrogen-bond donors (Lipinski definition) is 1. The maximum absolute atomic E-state index is 12.5. The van der Waals surface area contributed by atoms with Crippen LogP contribution in [-0.4, -0.2) is 10.9 Å². The summed E-state index contributed by atoms with van der Waals surface area (Å²) in [4.78, 5) is 16.5. The molecule has 0 unspecified atom stereocenters. The van der Waals surface area contributed by atoms with Crippen LogP contribution in [0.4, 0.5) is 5.69 Å². The van der Waals surface area contributed by atoms with E-state index in [4.69, 9.17) is 16.0 Å². The van der Waals surface area contributed by atoms with E-state index in [2.05, 4.69) is 10.3 Å². The van der Waals surface area contributed by atoms with Crippen molar-refractivity contribution in [3.8, 4) is 11.3 Å². The quantitative estimate of drug-likeness (QED) is 0.747. The molecule has 2 aromatic carbocycles. The Kier molecular flexibility index (Phi) is 4.17. The summed E-state index contributed by atoms with van der Waals surface area (Å²) < 4.78 is 5.41. The number of oxazole rings is 1. The van der Waals surface area contributed by atoms with E-state index in [0.717, 1.165) is 16.7 Å². The van der Waals surface area contributed by atoms with Crippen LogP contribution in [0.2, 0.25) is 5.02 Å². The highest BCUT2D eigenvalue weighted by atomic mass is 35.5. The summed E-state index contributed by atoms with van der Waals surface area (Å²) in [6, 6.07) is 13.1. The molecule has 4 nitrogen and oxygen atoms in total. The van der Waals surface area contributed by atoms with Gasteiger partial charge in [0.05, 0.1) is 10.7 Å². The average Bonchev–Trinajstić information content (AvgIpc) is 2.99. The maximum atomic E-state index is 12.5. The van der Waals surface area contributed by atoms with Crippen molar-refractivity contribution in [2.75, 3.05) is 5.32 Å². The fourth-order valence-electron chi connectivity index (χ4n) is 2.30.